The molecule has 0 saturated carbocycles. The van der Waals surface area contributed by atoms with E-state index in [2.05, 4.69) is 21.2 Å². The van der Waals surface area contributed by atoms with E-state index in [0.29, 0.717) is 5.69 Å². The van der Waals surface area contributed by atoms with E-state index < -0.39 is 5.91 Å². The van der Waals surface area contributed by atoms with Crippen LogP contribution in [0.5, 0.6) is 0 Å². The van der Waals surface area contributed by atoms with Crippen molar-refractivity contribution in [2.24, 2.45) is 0 Å². The molecule has 128 valence electrons. The number of nitrogens with one attached hydrogen (secondary N) is 1. The summed E-state index contributed by atoms with van der Waals surface area (Å²) >= 11 is 3.36. The highest BCUT2D eigenvalue weighted by Crippen LogP contribution is 2.20. The number of amides is 1. The second-order valence-corrected chi connectivity index (χ2v) is 6.62. The summed E-state index contributed by atoms with van der Waals surface area (Å²) in [6, 6.07) is 22.9. The minimum Gasteiger partial charge on any atom is -0.321 e. The summed E-state index contributed by atoms with van der Waals surface area (Å²) in [5, 5.41) is 12.2. The molecule has 5 heteroatoms. The Balaban J connectivity index is 1.93. The van der Waals surface area contributed by atoms with Crippen LogP contribution in [0.1, 0.15) is 11.4 Å². The first-order valence-corrected chi connectivity index (χ1v) is 8.80. The molecule has 0 fully saturated rings. The molecule has 26 heavy (non-hydrogen) atoms. The molecule has 1 heterocycles. The van der Waals surface area contributed by atoms with Crippen molar-refractivity contribution >= 4 is 33.6 Å². The number of anilines is 1. The SMILES string of the molecule is Cc1ccc(/C=C(/C#N)C(=O)Nc2cccc(Br)c2)n1-c1ccccc1. The number of benzene rings is 2. The van der Waals surface area contributed by atoms with E-state index in [0.717, 1.165) is 21.5 Å². The van der Waals surface area contributed by atoms with E-state index in [4.69, 9.17) is 0 Å². The molecule has 0 unspecified atom stereocenters. The zero-order valence-corrected chi connectivity index (χ0v) is 15.7. The Morgan fingerprint density at radius 3 is 2.58 bits per heavy atom. The van der Waals surface area contributed by atoms with Crippen molar-refractivity contribution in [1.29, 1.82) is 5.26 Å². The van der Waals surface area contributed by atoms with Gasteiger partial charge in [-0.2, -0.15) is 5.26 Å². The summed E-state index contributed by atoms with van der Waals surface area (Å²) in [4.78, 5) is 12.5. The smallest absolute Gasteiger partial charge is 0.266 e. The van der Waals surface area contributed by atoms with Crippen molar-refractivity contribution < 1.29 is 4.79 Å². The van der Waals surface area contributed by atoms with Gasteiger partial charge in [0.05, 0.1) is 0 Å². The standard InChI is InChI=1S/C21H16BrN3O/c1-15-10-11-20(25(15)19-8-3-2-4-9-19)12-16(14-23)21(26)24-18-7-5-6-17(22)13-18/h2-13H,1H3,(H,24,26)/b16-12-. The highest BCUT2D eigenvalue weighted by Gasteiger charge is 2.12. The fraction of sp³-hybridized carbons (Fsp3) is 0.0476. The number of rotatable bonds is 4. The first-order valence-electron chi connectivity index (χ1n) is 8.01. The molecule has 0 saturated heterocycles. The van der Waals surface area contributed by atoms with Gasteiger partial charge in [0.2, 0.25) is 0 Å². The molecule has 0 bridgehead atoms. The number of halogens is 1. The van der Waals surface area contributed by atoms with Crippen LogP contribution in [0.15, 0.2) is 76.8 Å². The van der Waals surface area contributed by atoms with Gasteiger partial charge in [-0.05, 0) is 55.5 Å². The van der Waals surface area contributed by atoms with Gasteiger partial charge in [0.15, 0.2) is 0 Å². The van der Waals surface area contributed by atoms with Crippen LogP contribution >= 0.6 is 15.9 Å². The second kappa shape index (κ2) is 7.85. The maximum absolute atomic E-state index is 12.5. The monoisotopic (exact) mass is 405 g/mol. The first-order chi connectivity index (χ1) is 12.6. The minimum atomic E-state index is -0.441. The Hall–Kier alpha value is -3.10. The van der Waals surface area contributed by atoms with Crippen LogP contribution in [-0.4, -0.2) is 10.5 Å². The van der Waals surface area contributed by atoms with Crippen molar-refractivity contribution in [3.05, 3.63) is 88.2 Å². The zero-order chi connectivity index (χ0) is 18.5. The van der Waals surface area contributed by atoms with Gasteiger partial charge in [-0.3, -0.25) is 4.79 Å². The number of nitriles is 1. The lowest BCUT2D eigenvalue weighted by Gasteiger charge is -2.10. The lowest BCUT2D eigenvalue weighted by molar-refractivity contribution is -0.112. The molecule has 4 nitrogen and oxygen atoms in total. The number of carbonyl (C=O) groups excluding carboxylic acids is 1. The Morgan fingerprint density at radius 2 is 1.88 bits per heavy atom. The fourth-order valence-corrected chi connectivity index (χ4v) is 3.06. The third kappa shape index (κ3) is 3.93. The summed E-state index contributed by atoms with van der Waals surface area (Å²) in [5.74, 6) is -0.441. The maximum Gasteiger partial charge on any atom is 0.266 e. The van der Waals surface area contributed by atoms with Crippen molar-refractivity contribution in [1.82, 2.24) is 4.57 Å². The zero-order valence-electron chi connectivity index (χ0n) is 14.1. The fourth-order valence-electron chi connectivity index (χ4n) is 2.66. The van der Waals surface area contributed by atoms with Crippen LogP contribution in [0.25, 0.3) is 11.8 Å². The molecule has 3 rings (SSSR count). The van der Waals surface area contributed by atoms with Crippen LogP contribution in [0.4, 0.5) is 5.69 Å². The van der Waals surface area contributed by atoms with Crippen molar-refractivity contribution in [3.63, 3.8) is 0 Å². The second-order valence-electron chi connectivity index (χ2n) is 5.70. The van der Waals surface area contributed by atoms with Gasteiger partial charge in [0.25, 0.3) is 5.91 Å². The van der Waals surface area contributed by atoms with Crippen molar-refractivity contribution in [2.45, 2.75) is 6.92 Å². The lowest BCUT2D eigenvalue weighted by Crippen LogP contribution is -2.13. The van der Waals surface area contributed by atoms with Crippen LogP contribution < -0.4 is 5.32 Å². The summed E-state index contributed by atoms with van der Waals surface area (Å²) in [6.45, 7) is 1.98. The number of hydrogen-bond donors (Lipinski definition) is 1. The molecule has 0 aliphatic carbocycles. The van der Waals surface area contributed by atoms with Crippen LogP contribution in [0.3, 0.4) is 0 Å². The highest BCUT2D eigenvalue weighted by molar-refractivity contribution is 9.10. The van der Waals surface area contributed by atoms with Gasteiger partial charge in [-0.25, -0.2) is 0 Å². The molecule has 2 aromatic carbocycles. The van der Waals surface area contributed by atoms with E-state index in [9.17, 15) is 10.1 Å². The topological polar surface area (TPSA) is 57.8 Å². The number of aromatic nitrogens is 1. The van der Waals surface area contributed by atoms with E-state index in [-0.39, 0.29) is 5.57 Å². The van der Waals surface area contributed by atoms with Crippen LogP contribution in [0.2, 0.25) is 0 Å². The van der Waals surface area contributed by atoms with Crippen molar-refractivity contribution in [3.8, 4) is 11.8 Å². The lowest BCUT2D eigenvalue weighted by atomic mass is 10.2. The van der Waals surface area contributed by atoms with Gasteiger partial charge in [-0.1, -0.05) is 40.2 Å². The molecular weight excluding hydrogens is 390 g/mol. The predicted octanol–water partition coefficient (Wildman–Crippen LogP) is 5.09. The largest absolute Gasteiger partial charge is 0.321 e. The molecular formula is C21H16BrN3O. The molecule has 3 aromatic rings. The summed E-state index contributed by atoms with van der Waals surface area (Å²) < 4.78 is 2.86. The van der Waals surface area contributed by atoms with Gasteiger partial charge in [-0.15, -0.1) is 0 Å². The number of aryl methyl sites for hydroxylation is 1. The molecule has 1 aromatic heterocycles. The van der Waals surface area contributed by atoms with E-state index in [1.54, 1.807) is 18.2 Å². The third-order valence-corrected chi connectivity index (χ3v) is 4.35. The Kier molecular flexibility index (Phi) is 5.35. The van der Waals surface area contributed by atoms with Crippen LogP contribution in [0, 0.1) is 18.3 Å². The minimum absolute atomic E-state index is 0.0419. The Morgan fingerprint density at radius 1 is 1.12 bits per heavy atom. The summed E-state index contributed by atoms with van der Waals surface area (Å²) in [6.07, 6.45) is 1.60. The molecule has 0 atom stereocenters. The van der Waals surface area contributed by atoms with Gasteiger partial charge in [0, 0.05) is 27.2 Å². The average Bonchev–Trinajstić information content (AvgIpc) is 3.00. The van der Waals surface area contributed by atoms with Crippen LogP contribution in [-0.2, 0) is 4.79 Å². The predicted molar refractivity (Wildman–Crippen MR) is 107 cm³/mol. The number of hydrogen-bond acceptors (Lipinski definition) is 2. The highest BCUT2D eigenvalue weighted by atomic mass is 79.9. The summed E-state index contributed by atoms with van der Waals surface area (Å²) in [7, 11) is 0. The molecule has 0 aliphatic rings. The van der Waals surface area contributed by atoms with Gasteiger partial charge >= 0.3 is 0 Å². The van der Waals surface area contributed by atoms with Gasteiger partial charge in [0.1, 0.15) is 11.6 Å². The maximum atomic E-state index is 12.5. The number of carbonyl (C=O) groups is 1. The quantitative estimate of drug-likeness (QED) is 0.485. The van der Waals surface area contributed by atoms with E-state index in [1.807, 2.05) is 72.2 Å². The number of nitrogens with zero attached hydrogens (tertiary/aromatic N) is 2. The van der Waals surface area contributed by atoms with Crippen molar-refractivity contribution in [2.75, 3.05) is 5.32 Å². The molecule has 0 radical (unpaired) electrons. The Bertz CT molecular complexity index is 1010. The van der Waals surface area contributed by atoms with E-state index in [1.165, 1.54) is 0 Å². The summed E-state index contributed by atoms with van der Waals surface area (Å²) in [5.41, 5.74) is 3.44. The molecule has 0 spiro atoms. The molecule has 1 amide bonds. The Labute approximate surface area is 160 Å². The number of para-hydroxylation sites is 1. The van der Waals surface area contributed by atoms with E-state index >= 15 is 0 Å². The normalized spacial score (nSPS) is 11.0. The van der Waals surface area contributed by atoms with Gasteiger partial charge < -0.3 is 9.88 Å². The molecule has 1 N–H and O–H groups in total. The third-order valence-electron chi connectivity index (χ3n) is 3.86. The average molecular weight is 406 g/mol. The molecule has 0 aliphatic heterocycles. The first kappa shape index (κ1) is 17.7.